The van der Waals surface area contributed by atoms with Gasteiger partial charge in [0.25, 0.3) is 5.91 Å². The van der Waals surface area contributed by atoms with Gasteiger partial charge < -0.3 is 19.9 Å². The number of fused-ring (bicyclic) bond motifs is 1. The minimum Gasteiger partial charge on any atom is -0.484 e. The van der Waals surface area contributed by atoms with Crippen LogP contribution in [-0.4, -0.2) is 66.5 Å². The van der Waals surface area contributed by atoms with Crippen LogP contribution in [0.4, 0.5) is 0 Å². The lowest BCUT2D eigenvalue weighted by atomic mass is 9.90. The van der Waals surface area contributed by atoms with Gasteiger partial charge >= 0.3 is 0 Å². The van der Waals surface area contributed by atoms with Crippen LogP contribution in [0.1, 0.15) is 54.4 Å². The highest BCUT2D eigenvalue weighted by atomic mass is 16.5. The molecular weight excluding hydrogens is 354 g/mol. The molecule has 2 fully saturated rings. The fourth-order valence-electron chi connectivity index (χ4n) is 4.69. The van der Waals surface area contributed by atoms with Crippen LogP contribution in [0.5, 0.6) is 5.75 Å². The van der Waals surface area contributed by atoms with E-state index in [1.165, 1.54) is 12.8 Å². The number of carbonyl (C=O) groups is 2. The van der Waals surface area contributed by atoms with Gasteiger partial charge in [-0.3, -0.25) is 9.59 Å². The lowest BCUT2D eigenvalue weighted by Gasteiger charge is -2.41. The van der Waals surface area contributed by atoms with Crippen molar-refractivity contribution >= 4 is 11.8 Å². The van der Waals surface area contributed by atoms with Crippen LogP contribution < -0.4 is 10.1 Å². The molecule has 0 bridgehead atoms. The summed E-state index contributed by atoms with van der Waals surface area (Å²) in [6, 6.07) is 6.04. The predicted molar refractivity (Wildman–Crippen MR) is 108 cm³/mol. The van der Waals surface area contributed by atoms with E-state index >= 15 is 0 Å². The highest BCUT2D eigenvalue weighted by Gasteiger charge is 2.43. The fraction of sp³-hybridized carbons (Fsp3) is 0.636. The summed E-state index contributed by atoms with van der Waals surface area (Å²) in [6.07, 6.45) is 6.13. The number of nitrogens with zero attached hydrogens (tertiary/aromatic N) is 2. The van der Waals surface area contributed by atoms with Crippen molar-refractivity contribution < 1.29 is 14.3 Å². The van der Waals surface area contributed by atoms with Gasteiger partial charge in [0, 0.05) is 32.0 Å². The Bertz CT molecular complexity index is 749. The van der Waals surface area contributed by atoms with Crippen molar-refractivity contribution in [3.63, 3.8) is 0 Å². The third kappa shape index (κ3) is 4.02. The molecule has 2 aliphatic heterocycles. The number of aryl methyl sites for hydroxylation is 1. The molecule has 2 heterocycles. The van der Waals surface area contributed by atoms with E-state index < -0.39 is 5.60 Å². The second-order valence-electron chi connectivity index (χ2n) is 8.80. The number of piperidine rings is 1. The van der Waals surface area contributed by atoms with Crippen LogP contribution in [-0.2, 0) is 4.79 Å². The van der Waals surface area contributed by atoms with Crippen LogP contribution in [0.3, 0.4) is 0 Å². The van der Waals surface area contributed by atoms with Crippen LogP contribution in [0.2, 0.25) is 0 Å². The molecule has 1 aliphatic carbocycles. The normalized spacial score (nSPS) is 22.6. The molecule has 28 heavy (non-hydrogen) atoms. The average Bonchev–Trinajstić information content (AvgIpc) is 3.14. The first-order chi connectivity index (χ1) is 13.4. The Morgan fingerprint density at radius 3 is 2.68 bits per heavy atom. The Balaban J connectivity index is 1.58. The molecule has 6 nitrogen and oxygen atoms in total. The van der Waals surface area contributed by atoms with Gasteiger partial charge in [0.1, 0.15) is 17.9 Å². The van der Waals surface area contributed by atoms with E-state index in [0.717, 1.165) is 44.3 Å². The number of hydrogen-bond donors (Lipinski definition) is 1. The molecule has 0 atom stereocenters. The number of amides is 2. The first-order valence-corrected chi connectivity index (χ1v) is 10.5. The van der Waals surface area contributed by atoms with E-state index in [9.17, 15) is 9.59 Å². The summed E-state index contributed by atoms with van der Waals surface area (Å²) in [5.41, 5.74) is 1.17. The van der Waals surface area contributed by atoms with Crippen molar-refractivity contribution in [1.82, 2.24) is 15.1 Å². The van der Waals surface area contributed by atoms with Gasteiger partial charge in [-0.2, -0.15) is 0 Å². The smallest absolute Gasteiger partial charge is 0.258 e. The van der Waals surface area contributed by atoms with E-state index in [0.29, 0.717) is 17.9 Å². The Morgan fingerprint density at radius 1 is 1.25 bits per heavy atom. The van der Waals surface area contributed by atoms with Gasteiger partial charge in [-0.1, -0.05) is 24.5 Å². The minimum atomic E-state index is -0.420. The van der Waals surface area contributed by atoms with Crippen LogP contribution in [0, 0.1) is 6.92 Å². The zero-order valence-corrected chi connectivity index (χ0v) is 17.0. The summed E-state index contributed by atoms with van der Waals surface area (Å²) in [4.78, 5) is 30.0. The van der Waals surface area contributed by atoms with Crippen molar-refractivity contribution in [2.75, 3.05) is 33.2 Å². The van der Waals surface area contributed by atoms with E-state index in [-0.39, 0.29) is 24.4 Å². The van der Waals surface area contributed by atoms with Gasteiger partial charge in [-0.25, -0.2) is 0 Å². The summed E-state index contributed by atoms with van der Waals surface area (Å²) in [7, 11) is 2.11. The SMILES string of the molecule is Cc1ccc2c(c1)C(=O)N(CC(=O)NC1CCCC1)CC1(CCN(C)CC1)O2. The van der Waals surface area contributed by atoms with Crippen molar-refractivity contribution in [2.45, 2.75) is 57.1 Å². The number of likely N-dealkylation sites (tertiary alicyclic amines) is 1. The first kappa shape index (κ1) is 19.2. The van der Waals surface area contributed by atoms with Gasteiger partial charge in [0.15, 0.2) is 0 Å². The number of carbonyl (C=O) groups excluding carboxylic acids is 2. The molecule has 6 heteroatoms. The predicted octanol–water partition coefficient (Wildman–Crippen LogP) is 2.35. The van der Waals surface area contributed by atoms with E-state index in [1.54, 1.807) is 4.90 Å². The van der Waals surface area contributed by atoms with Gasteiger partial charge in [0.2, 0.25) is 5.91 Å². The molecule has 1 saturated heterocycles. The Hall–Kier alpha value is -2.08. The van der Waals surface area contributed by atoms with Crippen molar-refractivity contribution in [1.29, 1.82) is 0 Å². The molecular formula is C22H31N3O3. The lowest BCUT2D eigenvalue weighted by molar-refractivity contribution is -0.123. The van der Waals surface area contributed by atoms with E-state index in [1.807, 2.05) is 25.1 Å². The van der Waals surface area contributed by atoms with Gasteiger partial charge in [0.05, 0.1) is 12.1 Å². The van der Waals surface area contributed by atoms with E-state index in [2.05, 4.69) is 17.3 Å². The number of benzene rings is 1. The largest absolute Gasteiger partial charge is 0.484 e. The summed E-state index contributed by atoms with van der Waals surface area (Å²) in [6.45, 7) is 4.39. The van der Waals surface area contributed by atoms with Crippen LogP contribution in [0.15, 0.2) is 18.2 Å². The maximum absolute atomic E-state index is 13.3. The van der Waals surface area contributed by atoms with Crippen molar-refractivity contribution in [3.05, 3.63) is 29.3 Å². The lowest BCUT2D eigenvalue weighted by Crippen LogP contribution is -2.55. The first-order valence-electron chi connectivity index (χ1n) is 10.5. The third-order valence-corrected chi connectivity index (χ3v) is 6.41. The number of nitrogens with one attached hydrogen (secondary N) is 1. The summed E-state index contributed by atoms with van der Waals surface area (Å²) < 4.78 is 6.48. The highest BCUT2D eigenvalue weighted by molar-refractivity contribution is 5.99. The quantitative estimate of drug-likeness (QED) is 0.868. The second-order valence-corrected chi connectivity index (χ2v) is 8.80. The van der Waals surface area contributed by atoms with Crippen molar-refractivity contribution in [3.8, 4) is 5.75 Å². The fourth-order valence-corrected chi connectivity index (χ4v) is 4.69. The molecule has 1 spiro atoms. The maximum atomic E-state index is 13.3. The number of hydrogen-bond acceptors (Lipinski definition) is 4. The Morgan fingerprint density at radius 2 is 1.96 bits per heavy atom. The molecule has 0 radical (unpaired) electrons. The number of rotatable bonds is 3. The molecule has 1 aromatic carbocycles. The molecule has 152 valence electrons. The average molecular weight is 386 g/mol. The molecule has 0 unspecified atom stereocenters. The topological polar surface area (TPSA) is 61.9 Å². The van der Waals surface area contributed by atoms with Crippen LogP contribution in [0.25, 0.3) is 0 Å². The molecule has 3 aliphatic rings. The van der Waals surface area contributed by atoms with Gasteiger partial charge in [-0.15, -0.1) is 0 Å². The second kappa shape index (κ2) is 7.74. The van der Waals surface area contributed by atoms with Crippen molar-refractivity contribution in [2.24, 2.45) is 0 Å². The molecule has 0 aromatic heterocycles. The molecule has 1 N–H and O–H groups in total. The van der Waals surface area contributed by atoms with Gasteiger partial charge in [-0.05, 0) is 38.9 Å². The number of ether oxygens (including phenoxy) is 1. The maximum Gasteiger partial charge on any atom is 0.258 e. The van der Waals surface area contributed by atoms with Crippen LogP contribution >= 0.6 is 0 Å². The Kier molecular flexibility index (Phi) is 5.32. The molecule has 2 amide bonds. The molecule has 4 rings (SSSR count). The minimum absolute atomic E-state index is 0.0561. The molecule has 1 saturated carbocycles. The third-order valence-electron chi connectivity index (χ3n) is 6.41. The monoisotopic (exact) mass is 385 g/mol. The zero-order chi connectivity index (χ0) is 19.7. The highest BCUT2D eigenvalue weighted by Crippen LogP contribution is 2.35. The standard InChI is InChI=1S/C22H31N3O3/c1-16-7-8-19-18(13-16)21(27)25(14-20(26)23-17-5-3-4-6-17)15-22(28-19)9-11-24(2)12-10-22/h7-8,13,17H,3-6,9-12,14-15H2,1-2H3,(H,23,26). The summed E-state index contributed by atoms with van der Waals surface area (Å²) >= 11 is 0. The summed E-state index contributed by atoms with van der Waals surface area (Å²) in [5.74, 6) is 0.495. The molecule has 1 aromatic rings. The summed E-state index contributed by atoms with van der Waals surface area (Å²) in [5, 5.41) is 3.12. The zero-order valence-electron chi connectivity index (χ0n) is 17.0. The Labute approximate surface area is 167 Å². The van der Waals surface area contributed by atoms with E-state index in [4.69, 9.17) is 4.74 Å².